The summed E-state index contributed by atoms with van der Waals surface area (Å²) in [5, 5.41) is 14.2. The highest BCUT2D eigenvalue weighted by atomic mass is 35.5. The molecule has 1 saturated heterocycles. The number of sulfonamides is 1. The van der Waals surface area contributed by atoms with Crippen LogP contribution in [0.25, 0.3) is 0 Å². The lowest BCUT2D eigenvalue weighted by atomic mass is 9.97. The average Bonchev–Trinajstić information content (AvgIpc) is 2.68. The minimum atomic E-state index is -3.93. The number of benzene rings is 2. The summed E-state index contributed by atoms with van der Waals surface area (Å²) < 4.78 is 26.9. The van der Waals surface area contributed by atoms with Crippen molar-refractivity contribution in [2.75, 3.05) is 18.4 Å². The molecule has 0 atom stereocenters. The molecule has 1 fully saturated rings. The van der Waals surface area contributed by atoms with E-state index in [-0.39, 0.29) is 34.8 Å². The maximum atomic E-state index is 12.8. The van der Waals surface area contributed by atoms with Crippen molar-refractivity contribution in [2.45, 2.75) is 17.7 Å². The minimum Gasteiger partial charge on any atom is -0.326 e. The number of piperidine rings is 1. The Morgan fingerprint density at radius 3 is 2.45 bits per heavy atom. The van der Waals surface area contributed by atoms with E-state index in [9.17, 15) is 23.3 Å². The zero-order valence-corrected chi connectivity index (χ0v) is 17.4. The quantitative estimate of drug-likeness (QED) is 0.539. The topological polar surface area (TPSA) is 110 Å². The first-order valence-corrected chi connectivity index (χ1v) is 10.9. The van der Waals surface area contributed by atoms with Gasteiger partial charge in [0.2, 0.25) is 15.9 Å². The highest BCUT2D eigenvalue weighted by Gasteiger charge is 2.33. The van der Waals surface area contributed by atoms with Gasteiger partial charge in [0, 0.05) is 35.8 Å². The predicted octanol–water partition coefficient (Wildman–Crippen LogP) is 3.94. The zero-order valence-electron chi connectivity index (χ0n) is 15.0. The van der Waals surface area contributed by atoms with E-state index >= 15 is 0 Å². The minimum absolute atomic E-state index is 0.131. The molecule has 0 bridgehead atoms. The molecule has 0 unspecified atom stereocenters. The van der Waals surface area contributed by atoms with Gasteiger partial charge in [0.1, 0.15) is 5.02 Å². The van der Waals surface area contributed by atoms with Gasteiger partial charge in [-0.1, -0.05) is 29.3 Å². The number of hydrogen-bond acceptors (Lipinski definition) is 5. The summed E-state index contributed by atoms with van der Waals surface area (Å²) in [5.74, 6) is -0.550. The normalized spacial score (nSPS) is 15.8. The van der Waals surface area contributed by atoms with Crippen molar-refractivity contribution < 1.29 is 18.1 Å². The molecule has 2 aromatic carbocycles. The molecular weight excluding hydrogens is 441 g/mol. The van der Waals surface area contributed by atoms with Crippen molar-refractivity contribution in [3.8, 4) is 0 Å². The number of nitrogens with zero attached hydrogens (tertiary/aromatic N) is 2. The predicted molar refractivity (Wildman–Crippen MR) is 110 cm³/mol. The molecule has 0 spiro atoms. The number of nitrogens with one attached hydrogen (secondary N) is 1. The molecule has 0 saturated carbocycles. The molecule has 1 aliphatic rings. The summed E-state index contributed by atoms with van der Waals surface area (Å²) >= 11 is 11.7. The third kappa shape index (κ3) is 4.87. The van der Waals surface area contributed by atoms with Crippen LogP contribution in [0.1, 0.15) is 12.8 Å². The highest BCUT2D eigenvalue weighted by molar-refractivity contribution is 7.89. The SMILES string of the molecule is O=C(Nc1cccc(Cl)c1)C1CCN(S(=O)(=O)c2ccc(Cl)c([N+](=O)[O-])c2)CC1. The molecule has 0 aromatic heterocycles. The highest BCUT2D eigenvalue weighted by Crippen LogP contribution is 2.30. The summed E-state index contributed by atoms with van der Waals surface area (Å²) in [5.41, 5.74) is 0.106. The number of nitro groups is 1. The molecule has 0 aliphatic carbocycles. The lowest BCUT2D eigenvalue weighted by Gasteiger charge is -2.30. The van der Waals surface area contributed by atoms with Crippen LogP contribution < -0.4 is 5.32 Å². The van der Waals surface area contributed by atoms with Crippen LogP contribution in [0.3, 0.4) is 0 Å². The number of carbonyl (C=O) groups is 1. The number of carbonyl (C=O) groups excluding carboxylic acids is 1. The number of rotatable bonds is 5. The van der Waals surface area contributed by atoms with Crippen LogP contribution >= 0.6 is 23.2 Å². The van der Waals surface area contributed by atoms with Crippen LogP contribution in [0.15, 0.2) is 47.4 Å². The van der Waals surface area contributed by atoms with Crippen LogP contribution in [-0.4, -0.2) is 36.6 Å². The van der Waals surface area contributed by atoms with E-state index in [4.69, 9.17) is 23.2 Å². The Morgan fingerprint density at radius 2 is 1.83 bits per heavy atom. The van der Waals surface area contributed by atoms with Gasteiger partial charge in [-0.3, -0.25) is 14.9 Å². The Labute approximate surface area is 177 Å². The molecule has 1 heterocycles. The monoisotopic (exact) mass is 457 g/mol. The lowest BCUT2D eigenvalue weighted by molar-refractivity contribution is -0.384. The van der Waals surface area contributed by atoms with Crippen LogP contribution in [0.2, 0.25) is 10.0 Å². The lowest BCUT2D eigenvalue weighted by Crippen LogP contribution is -2.41. The van der Waals surface area contributed by atoms with Crippen molar-refractivity contribution in [3.05, 3.63) is 62.6 Å². The molecule has 3 rings (SSSR count). The second kappa shape index (κ2) is 8.66. The Morgan fingerprint density at radius 1 is 1.14 bits per heavy atom. The van der Waals surface area contributed by atoms with E-state index in [0.29, 0.717) is 23.6 Å². The van der Waals surface area contributed by atoms with E-state index in [1.807, 2.05) is 0 Å². The smallest absolute Gasteiger partial charge is 0.289 e. The van der Waals surface area contributed by atoms with Crippen molar-refractivity contribution >= 4 is 50.5 Å². The summed E-state index contributed by atoms with van der Waals surface area (Å²) in [6, 6.07) is 10.2. The largest absolute Gasteiger partial charge is 0.326 e. The second-order valence-corrected chi connectivity index (χ2v) is 9.33. The van der Waals surface area contributed by atoms with Crippen molar-refractivity contribution in [3.63, 3.8) is 0 Å². The van der Waals surface area contributed by atoms with Crippen LogP contribution in [0, 0.1) is 16.0 Å². The number of nitro benzene ring substituents is 1. The molecule has 29 heavy (non-hydrogen) atoms. The van der Waals surface area contributed by atoms with Gasteiger partial charge in [-0.05, 0) is 43.2 Å². The van der Waals surface area contributed by atoms with Crippen LogP contribution in [0.4, 0.5) is 11.4 Å². The van der Waals surface area contributed by atoms with Gasteiger partial charge in [-0.2, -0.15) is 4.31 Å². The Balaban J connectivity index is 1.67. The van der Waals surface area contributed by atoms with E-state index in [0.717, 1.165) is 6.07 Å². The maximum Gasteiger partial charge on any atom is 0.289 e. The standard InChI is InChI=1S/C18H17Cl2N3O5S/c19-13-2-1-3-14(10-13)21-18(24)12-6-8-22(9-7-12)29(27,28)15-4-5-16(20)17(11-15)23(25)26/h1-5,10-12H,6-9H2,(H,21,24). The zero-order chi connectivity index (χ0) is 21.2. The number of anilines is 1. The van der Waals surface area contributed by atoms with Crippen molar-refractivity contribution in [1.29, 1.82) is 0 Å². The van der Waals surface area contributed by atoms with Gasteiger partial charge in [0.05, 0.1) is 9.82 Å². The maximum absolute atomic E-state index is 12.8. The van der Waals surface area contributed by atoms with E-state index in [1.54, 1.807) is 24.3 Å². The van der Waals surface area contributed by atoms with E-state index < -0.39 is 20.6 Å². The van der Waals surface area contributed by atoms with Gasteiger partial charge in [0.15, 0.2) is 0 Å². The second-order valence-electron chi connectivity index (χ2n) is 6.55. The van der Waals surface area contributed by atoms with E-state index in [2.05, 4.69) is 5.32 Å². The Hall–Kier alpha value is -2.20. The van der Waals surface area contributed by atoms with Crippen LogP contribution in [0.5, 0.6) is 0 Å². The summed E-state index contributed by atoms with van der Waals surface area (Å²) in [6.07, 6.45) is 0.669. The van der Waals surface area contributed by atoms with E-state index in [1.165, 1.54) is 16.4 Å². The van der Waals surface area contributed by atoms with Crippen molar-refractivity contribution in [2.24, 2.45) is 5.92 Å². The first-order chi connectivity index (χ1) is 13.7. The molecule has 11 heteroatoms. The van der Waals surface area contributed by atoms with Gasteiger partial charge in [-0.25, -0.2) is 8.42 Å². The number of halogens is 2. The fraction of sp³-hybridized carbons (Fsp3) is 0.278. The third-order valence-electron chi connectivity index (χ3n) is 4.67. The number of amides is 1. The molecule has 1 amide bonds. The molecule has 154 valence electrons. The summed E-state index contributed by atoms with van der Waals surface area (Å²) in [7, 11) is -3.93. The fourth-order valence-corrected chi connectivity index (χ4v) is 4.98. The fourth-order valence-electron chi connectivity index (χ4n) is 3.11. The van der Waals surface area contributed by atoms with Gasteiger partial charge < -0.3 is 5.32 Å². The van der Waals surface area contributed by atoms with Gasteiger partial charge >= 0.3 is 0 Å². The summed E-state index contributed by atoms with van der Waals surface area (Å²) in [4.78, 5) is 22.5. The van der Waals surface area contributed by atoms with Crippen LogP contribution in [-0.2, 0) is 14.8 Å². The average molecular weight is 458 g/mol. The Kier molecular flexibility index (Phi) is 6.42. The molecule has 1 N–H and O–H groups in total. The molecule has 0 radical (unpaired) electrons. The first kappa shape index (κ1) is 21.5. The van der Waals surface area contributed by atoms with Gasteiger partial charge in [-0.15, -0.1) is 0 Å². The Bertz CT molecular complexity index is 1050. The molecule has 1 aliphatic heterocycles. The molecular formula is C18H17Cl2N3O5S. The molecule has 2 aromatic rings. The first-order valence-electron chi connectivity index (χ1n) is 8.69. The third-order valence-corrected chi connectivity index (χ3v) is 7.12. The number of hydrogen-bond donors (Lipinski definition) is 1. The molecule has 8 nitrogen and oxygen atoms in total. The van der Waals surface area contributed by atoms with Crippen molar-refractivity contribution in [1.82, 2.24) is 4.31 Å². The van der Waals surface area contributed by atoms with Gasteiger partial charge in [0.25, 0.3) is 5.69 Å². The summed E-state index contributed by atoms with van der Waals surface area (Å²) in [6.45, 7) is 0.263.